The molecule has 1 rings (SSSR count). The molecule has 2 N–H and O–H groups in total. The Labute approximate surface area is 88.4 Å². The summed E-state index contributed by atoms with van der Waals surface area (Å²) in [6.07, 6.45) is 0. The summed E-state index contributed by atoms with van der Waals surface area (Å²) in [4.78, 5) is 9.74. The molecule has 1 aromatic heterocycles. The van der Waals surface area contributed by atoms with Gasteiger partial charge in [0, 0.05) is 19.7 Å². The van der Waals surface area contributed by atoms with Crippen LogP contribution in [0.5, 0.6) is 0 Å². The Bertz CT molecular complexity index is 330. The van der Waals surface area contributed by atoms with E-state index in [4.69, 9.17) is 17.3 Å². The van der Waals surface area contributed by atoms with Gasteiger partial charge >= 0.3 is 0 Å². The summed E-state index contributed by atoms with van der Waals surface area (Å²) >= 11 is 5.75. The van der Waals surface area contributed by atoms with Crippen molar-refractivity contribution in [3.8, 4) is 0 Å². The third-order valence-electron chi connectivity index (χ3n) is 1.60. The van der Waals surface area contributed by atoms with E-state index < -0.39 is 0 Å². The van der Waals surface area contributed by atoms with E-state index >= 15 is 0 Å². The molecule has 4 nitrogen and oxygen atoms in total. The van der Waals surface area contributed by atoms with Crippen LogP contribution in [0.15, 0.2) is 18.2 Å². The zero-order valence-electron chi connectivity index (χ0n) is 8.29. The normalized spacial score (nSPS) is 9.93. The lowest BCUT2D eigenvalue weighted by molar-refractivity contribution is 0.947. The van der Waals surface area contributed by atoms with Gasteiger partial charge in [0.15, 0.2) is 0 Å². The third kappa shape index (κ3) is 2.88. The van der Waals surface area contributed by atoms with E-state index in [2.05, 4.69) is 16.5 Å². The molecular weight excluding hydrogens is 200 g/mol. The van der Waals surface area contributed by atoms with Crippen LogP contribution in [0.25, 0.3) is 0 Å². The number of halogens is 1. The van der Waals surface area contributed by atoms with Crippen molar-refractivity contribution in [3.63, 3.8) is 0 Å². The highest BCUT2D eigenvalue weighted by Gasteiger charge is 2.05. The Morgan fingerprint density at radius 1 is 1.64 bits per heavy atom. The van der Waals surface area contributed by atoms with Crippen LogP contribution in [0.3, 0.4) is 0 Å². The summed E-state index contributed by atoms with van der Waals surface area (Å²) in [5, 5.41) is 0.348. The molecule has 0 amide bonds. The van der Waals surface area contributed by atoms with E-state index in [9.17, 15) is 0 Å². The number of nitrogens with zero attached hydrogens (tertiary/aromatic N) is 3. The largest absolute Gasteiger partial charge is 0.368 e. The zero-order valence-corrected chi connectivity index (χ0v) is 9.04. The van der Waals surface area contributed by atoms with Gasteiger partial charge in [-0.05, 0) is 6.92 Å². The standard InChI is InChI=1S/C9H13ClN4/c1-6(2)5-14(3)8-4-7(10)12-9(11)13-8/h4H,1,5H2,2-3H3,(H2,11,12,13). The van der Waals surface area contributed by atoms with Crippen molar-refractivity contribution in [2.24, 2.45) is 0 Å². The maximum Gasteiger partial charge on any atom is 0.223 e. The predicted octanol–water partition coefficient (Wildman–Crippen LogP) is 1.72. The number of anilines is 2. The molecule has 5 heteroatoms. The second-order valence-electron chi connectivity index (χ2n) is 3.22. The fourth-order valence-corrected chi connectivity index (χ4v) is 1.29. The predicted molar refractivity (Wildman–Crippen MR) is 59.5 cm³/mol. The zero-order chi connectivity index (χ0) is 10.7. The van der Waals surface area contributed by atoms with Gasteiger partial charge in [0.2, 0.25) is 5.95 Å². The van der Waals surface area contributed by atoms with Crippen molar-refractivity contribution in [1.29, 1.82) is 0 Å². The Balaban J connectivity index is 2.89. The minimum atomic E-state index is 0.182. The van der Waals surface area contributed by atoms with Crippen molar-refractivity contribution in [2.75, 3.05) is 24.2 Å². The molecule has 1 heterocycles. The van der Waals surface area contributed by atoms with Crippen LogP contribution in [-0.4, -0.2) is 23.6 Å². The molecule has 0 aromatic carbocycles. The van der Waals surface area contributed by atoms with E-state index in [0.29, 0.717) is 17.5 Å². The first-order valence-corrected chi connectivity index (χ1v) is 4.52. The summed E-state index contributed by atoms with van der Waals surface area (Å²) in [6, 6.07) is 1.67. The highest BCUT2D eigenvalue weighted by molar-refractivity contribution is 6.29. The molecule has 76 valence electrons. The molecular formula is C9H13ClN4. The average molecular weight is 213 g/mol. The van der Waals surface area contributed by atoms with Gasteiger partial charge in [0.05, 0.1) is 0 Å². The van der Waals surface area contributed by atoms with Crippen molar-refractivity contribution >= 4 is 23.4 Å². The second kappa shape index (κ2) is 4.28. The lowest BCUT2D eigenvalue weighted by atomic mass is 10.3. The summed E-state index contributed by atoms with van der Waals surface area (Å²) in [6.45, 7) is 6.48. The smallest absolute Gasteiger partial charge is 0.223 e. The van der Waals surface area contributed by atoms with Crippen LogP contribution >= 0.6 is 11.6 Å². The number of nitrogen functional groups attached to an aromatic ring is 1. The Morgan fingerprint density at radius 2 is 2.29 bits per heavy atom. The molecule has 0 saturated heterocycles. The lowest BCUT2D eigenvalue weighted by Crippen LogP contribution is -2.20. The monoisotopic (exact) mass is 212 g/mol. The highest BCUT2D eigenvalue weighted by atomic mass is 35.5. The Morgan fingerprint density at radius 3 is 2.79 bits per heavy atom. The molecule has 0 aliphatic carbocycles. The SMILES string of the molecule is C=C(C)CN(C)c1cc(Cl)nc(N)n1. The van der Waals surface area contributed by atoms with Gasteiger partial charge < -0.3 is 10.6 Å². The Hall–Kier alpha value is -1.29. The van der Waals surface area contributed by atoms with E-state index in [1.807, 2.05) is 18.9 Å². The minimum Gasteiger partial charge on any atom is -0.368 e. The maximum atomic E-state index is 5.75. The van der Waals surface area contributed by atoms with Gasteiger partial charge in [-0.25, -0.2) is 4.98 Å². The van der Waals surface area contributed by atoms with Gasteiger partial charge in [-0.1, -0.05) is 23.8 Å². The lowest BCUT2D eigenvalue weighted by Gasteiger charge is -2.18. The van der Waals surface area contributed by atoms with Crippen LogP contribution in [-0.2, 0) is 0 Å². The van der Waals surface area contributed by atoms with Gasteiger partial charge in [0.1, 0.15) is 11.0 Å². The fraction of sp³-hybridized carbons (Fsp3) is 0.333. The molecule has 0 saturated carbocycles. The highest BCUT2D eigenvalue weighted by Crippen LogP contribution is 2.16. The van der Waals surface area contributed by atoms with Gasteiger partial charge in [0.25, 0.3) is 0 Å². The third-order valence-corrected chi connectivity index (χ3v) is 1.79. The topological polar surface area (TPSA) is 55.0 Å². The number of nitrogens with two attached hydrogens (primary N) is 1. The molecule has 0 atom stereocenters. The quantitative estimate of drug-likeness (QED) is 0.613. The van der Waals surface area contributed by atoms with Crippen LogP contribution in [0.2, 0.25) is 5.15 Å². The fourth-order valence-electron chi connectivity index (χ4n) is 1.10. The summed E-state index contributed by atoms with van der Waals surface area (Å²) < 4.78 is 0. The first-order chi connectivity index (χ1) is 6.49. The van der Waals surface area contributed by atoms with Gasteiger partial charge in [-0.2, -0.15) is 4.98 Å². The number of rotatable bonds is 3. The molecule has 14 heavy (non-hydrogen) atoms. The molecule has 0 fully saturated rings. The molecule has 0 radical (unpaired) electrons. The van der Waals surface area contributed by atoms with E-state index in [0.717, 1.165) is 5.57 Å². The number of hydrogen-bond acceptors (Lipinski definition) is 4. The summed E-state index contributed by atoms with van der Waals surface area (Å²) in [5.74, 6) is 0.881. The average Bonchev–Trinajstić information content (AvgIpc) is 2.00. The second-order valence-corrected chi connectivity index (χ2v) is 3.61. The van der Waals surface area contributed by atoms with Crippen molar-refractivity contribution in [1.82, 2.24) is 9.97 Å². The first-order valence-electron chi connectivity index (χ1n) is 4.14. The molecule has 0 spiro atoms. The minimum absolute atomic E-state index is 0.182. The first kappa shape index (κ1) is 10.8. The molecule has 0 aliphatic heterocycles. The van der Waals surface area contributed by atoms with E-state index in [1.165, 1.54) is 0 Å². The van der Waals surface area contributed by atoms with Crippen LogP contribution in [0.4, 0.5) is 11.8 Å². The maximum absolute atomic E-state index is 5.75. The van der Waals surface area contributed by atoms with Crippen molar-refractivity contribution in [3.05, 3.63) is 23.4 Å². The number of likely N-dealkylation sites (N-methyl/N-ethyl adjacent to an activating group) is 1. The van der Waals surface area contributed by atoms with Crippen LogP contribution in [0.1, 0.15) is 6.92 Å². The van der Waals surface area contributed by atoms with Gasteiger partial charge in [-0.3, -0.25) is 0 Å². The van der Waals surface area contributed by atoms with Crippen LogP contribution in [0, 0.1) is 0 Å². The Kier molecular flexibility index (Phi) is 3.30. The number of aromatic nitrogens is 2. The molecule has 0 unspecified atom stereocenters. The molecule has 0 bridgehead atoms. The van der Waals surface area contributed by atoms with Crippen molar-refractivity contribution < 1.29 is 0 Å². The van der Waals surface area contributed by atoms with Crippen LogP contribution < -0.4 is 10.6 Å². The van der Waals surface area contributed by atoms with E-state index in [1.54, 1.807) is 6.07 Å². The number of hydrogen-bond donors (Lipinski definition) is 1. The molecule has 1 aromatic rings. The molecule has 0 aliphatic rings. The van der Waals surface area contributed by atoms with Gasteiger partial charge in [-0.15, -0.1) is 0 Å². The van der Waals surface area contributed by atoms with Crippen molar-refractivity contribution in [2.45, 2.75) is 6.92 Å². The van der Waals surface area contributed by atoms with E-state index in [-0.39, 0.29) is 5.95 Å². The summed E-state index contributed by atoms with van der Waals surface area (Å²) in [5.41, 5.74) is 6.51. The summed E-state index contributed by atoms with van der Waals surface area (Å²) in [7, 11) is 1.90.